The molecule has 1 heterocycles. The van der Waals surface area contributed by atoms with Crippen LogP contribution >= 0.6 is 0 Å². The molecule has 2 heteroatoms. The summed E-state index contributed by atoms with van der Waals surface area (Å²) in [7, 11) is 0. The monoisotopic (exact) mass is 247 g/mol. The Labute approximate surface area is 111 Å². The minimum absolute atomic E-state index is 0.0747. The SMILES string of the molecule is CC(C)C(C)C(N)c1ccc2c(c1)CC(C)(C)O2. The molecule has 0 saturated heterocycles. The van der Waals surface area contributed by atoms with Crippen LogP contribution in [-0.2, 0) is 6.42 Å². The highest BCUT2D eigenvalue weighted by Crippen LogP contribution is 2.37. The summed E-state index contributed by atoms with van der Waals surface area (Å²) in [4.78, 5) is 0. The molecule has 2 atom stereocenters. The van der Waals surface area contributed by atoms with E-state index in [4.69, 9.17) is 10.5 Å². The first kappa shape index (κ1) is 13.4. The largest absolute Gasteiger partial charge is 0.487 e. The molecular weight excluding hydrogens is 222 g/mol. The summed E-state index contributed by atoms with van der Waals surface area (Å²) in [6, 6.07) is 6.53. The predicted molar refractivity (Wildman–Crippen MR) is 75.8 cm³/mol. The Bertz CT molecular complexity index is 437. The van der Waals surface area contributed by atoms with E-state index in [0.717, 1.165) is 12.2 Å². The maximum Gasteiger partial charge on any atom is 0.123 e. The summed E-state index contributed by atoms with van der Waals surface area (Å²) in [6.45, 7) is 10.9. The lowest BCUT2D eigenvalue weighted by Crippen LogP contribution is -2.24. The minimum Gasteiger partial charge on any atom is -0.487 e. The average molecular weight is 247 g/mol. The van der Waals surface area contributed by atoms with E-state index in [0.29, 0.717) is 11.8 Å². The van der Waals surface area contributed by atoms with Gasteiger partial charge >= 0.3 is 0 Å². The average Bonchev–Trinajstić information content (AvgIpc) is 2.59. The van der Waals surface area contributed by atoms with Gasteiger partial charge in [-0.2, -0.15) is 0 Å². The van der Waals surface area contributed by atoms with Gasteiger partial charge < -0.3 is 10.5 Å². The van der Waals surface area contributed by atoms with Crippen LogP contribution < -0.4 is 10.5 Å². The van der Waals surface area contributed by atoms with Crippen LogP contribution in [-0.4, -0.2) is 5.60 Å². The van der Waals surface area contributed by atoms with Gasteiger partial charge in [0.15, 0.2) is 0 Å². The number of nitrogens with two attached hydrogens (primary N) is 1. The van der Waals surface area contributed by atoms with Gasteiger partial charge in [-0.05, 0) is 42.9 Å². The van der Waals surface area contributed by atoms with E-state index in [1.54, 1.807) is 0 Å². The van der Waals surface area contributed by atoms with Crippen molar-refractivity contribution in [3.05, 3.63) is 29.3 Å². The van der Waals surface area contributed by atoms with Gasteiger partial charge in [-0.15, -0.1) is 0 Å². The predicted octanol–water partition coefficient (Wildman–Crippen LogP) is 3.69. The maximum atomic E-state index is 6.36. The quantitative estimate of drug-likeness (QED) is 0.884. The third kappa shape index (κ3) is 2.54. The van der Waals surface area contributed by atoms with Crippen LogP contribution in [0, 0.1) is 11.8 Å². The van der Waals surface area contributed by atoms with Gasteiger partial charge in [0.1, 0.15) is 11.4 Å². The summed E-state index contributed by atoms with van der Waals surface area (Å²) in [5.74, 6) is 2.10. The van der Waals surface area contributed by atoms with E-state index < -0.39 is 0 Å². The Morgan fingerprint density at radius 3 is 2.50 bits per heavy atom. The Morgan fingerprint density at radius 1 is 1.22 bits per heavy atom. The van der Waals surface area contributed by atoms with E-state index in [-0.39, 0.29) is 11.6 Å². The zero-order valence-electron chi connectivity index (χ0n) is 12.2. The third-order valence-electron chi connectivity index (χ3n) is 4.09. The van der Waals surface area contributed by atoms with Gasteiger partial charge in [0.25, 0.3) is 0 Å². The zero-order chi connectivity index (χ0) is 13.5. The summed E-state index contributed by atoms with van der Waals surface area (Å²) in [5.41, 5.74) is 8.81. The van der Waals surface area contributed by atoms with Gasteiger partial charge in [0.2, 0.25) is 0 Å². The molecule has 0 bridgehead atoms. The summed E-state index contributed by atoms with van der Waals surface area (Å²) in [6.07, 6.45) is 0.971. The molecule has 1 aromatic carbocycles. The maximum absolute atomic E-state index is 6.36. The fourth-order valence-corrected chi connectivity index (χ4v) is 2.56. The Balaban J connectivity index is 2.23. The second kappa shape index (κ2) is 4.58. The normalized spacial score (nSPS) is 20.4. The van der Waals surface area contributed by atoms with Crippen LogP contribution in [0.2, 0.25) is 0 Å². The highest BCUT2D eigenvalue weighted by atomic mass is 16.5. The lowest BCUT2D eigenvalue weighted by Gasteiger charge is -2.24. The van der Waals surface area contributed by atoms with Crippen LogP contribution in [0.25, 0.3) is 0 Å². The second-order valence-electron chi connectivity index (χ2n) is 6.53. The van der Waals surface area contributed by atoms with Crippen molar-refractivity contribution in [3.8, 4) is 5.75 Å². The van der Waals surface area contributed by atoms with Gasteiger partial charge in [-0.1, -0.05) is 32.9 Å². The zero-order valence-corrected chi connectivity index (χ0v) is 12.2. The van der Waals surface area contributed by atoms with Crippen molar-refractivity contribution in [1.29, 1.82) is 0 Å². The van der Waals surface area contributed by atoms with E-state index in [1.807, 2.05) is 0 Å². The van der Waals surface area contributed by atoms with Gasteiger partial charge in [-0.25, -0.2) is 0 Å². The van der Waals surface area contributed by atoms with E-state index >= 15 is 0 Å². The van der Waals surface area contributed by atoms with Crippen molar-refractivity contribution in [3.63, 3.8) is 0 Å². The number of rotatable bonds is 3. The van der Waals surface area contributed by atoms with Crippen molar-refractivity contribution in [2.24, 2.45) is 17.6 Å². The van der Waals surface area contributed by atoms with E-state index in [2.05, 4.69) is 52.8 Å². The first-order valence-electron chi connectivity index (χ1n) is 6.87. The number of benzene rings is 1. The standard InChI is InChI=1S/C16H25NO/c1-10(2)11(3)15(17)12-6-7-14-13(8-12)9-16(4,5)18-14/h6-8,10-11,15H,9,17H2,1-5H3. The summed E-state index contributed by atoms with van der Waals surface area (Å²) in [5, 5.41) is 0. The van der Waals surface area contributed by atoms with Crippen LogP contribution in [0.5, 0.6) is 5.75 Å². The third-order valence-corrected chi connectivity index (χ3v) is 4.09. The molecule has 0 fully saturated rings. The lowest BCUT2D eigenvalue weighted by atomic mass is 9.86. The fraction of sp³-hybridized carbons (Fsp3) is 0.625. The number of hydrogen-bond donors (Lipinski definition) is 1. The molecule has 0 aliphatic carbocycles. The van der Waals surface area contributed by atoms with E-state index in [1.165, 1.54) is 11.1 Å². The molecular formula is C16H25NO. The first-order chi connectivity index (χ1) is 8.30. The Morgan fingerprint density at radius 2 is 1.89 bits per heavy atom. The van der Waals surface area contributed by atoms with Crippen molar-refractivity contribution in [2.75, 3.05) is 0 Å². The topological polar surface area (TPSA) is 35.2 Å². The van der Waals surface area contributed by atoms with Crippen molar-refractivity contribution >= 4 is 0 Å². The van der Waals surface area contributed by atoms with Gasteiger partial charge in [0.05, 0.1) is 0 Å². The molecule has 1 aliphatic rings. The molecule has 18 heavy (non-hydrogen) atoms. The van der Waals surface area contributed by atoms with Crippen LogP contribution in [0.15, 0.2) is 18.2 Å². The molecule has 2 nitrogen and oxygen atoms in total. The number of fused-ring (bicyclic) bond motifs is 1. The van der Waals surface area contributed by atoms with E-state index in [9.17, 15) is 0 Å². The summed E-state index contributed by atoms with van der Waals surface area (Å²) < 4.78 is 5.90. The van der Waals surface area contributed by atoms with Gasteiger partial charge in [0, 0.05) is 12.5 Å². The molecule has 0 spiro atoms. The van der Waals surface area contributed by atoms with Crippen molar-refractivity contribution in [1.82, 2.24) is 0 Å². The second-order valence-corrected chi connectivity index (χ2v) is 6.53. The molecule has 100 valence electrons. The van der Waals surface area contributed by atoms with Gasteiger partial charge in [-0.3, -0.25) is 0 Å². The molecule has 2 rings (SSSR count). The highest BCUT2D eigenvalue weighted by Gasteiger charge is 2.30. The van der Waals surface area contributed by atoms with Crippen molar-refractivity contribution < 1.29 is 4.74 Å². The fourth-order valence-electron chi connectivity index (χ4n) is 2.56. The highest BCUT2D eigenvalue weighted by molar-refractivity contribution is 5.42. The van der Waals surface area contributed by atoms with Crippen LogP contribution in [0.3, 0.4) is 0 Å². The molecule has 0 aromatic heterocycles. The molecule has 2 unspecified atom stereocenters. The molecule has 0 radical (unpaired) electrons. The first-order valence-corrected chi connectivity index (χ1v) is 6.87. The summed E-state index contributed by atoms with van der Waals surface area (Å²) >= 11 is 0. The number of hydrogen-bond acceptors (Lipinski definition) is 2. The Kier molecular flexibility index (Phi) is 3.41. The number of ether oxygens (including phenoxy) is 1. The van der Waals surface area contributed by atoms with Crippen LogP contribution in [0.4, 0.5) is 0 Å². The minimum atomic E-state index is -0.0747. The van der Waals surface area contributed by atoms with Crippen LogP contribution in [0.1, 0.15) is 51.8 Å². The molecule has 2 N–H and O–H groups in total. The van der Waals surface area contributed by atoms with Crippen molar-refractivity contribution in [2.45, 2.75) is 52.7 Å². The Hall–Kier alpha value is -1.02. The molecule has 1 aromatic rings. The molecule has 0 saturated carbocycles. The molecule has 1 aliphatic heterocycles. The molecule has 0 amide bonds. The lowest BCUT2D eigenvalue weighted by molar-refractivity contribution is 0.138. The smallest absolute Gasteiger partial charge is 0.123 e.